The third kappa shape index (κ3) is 2.44. The van der Waals surface area contributed by atoms with Gasteiger partial charge in [-0.1, -0.05) is 24.3 Å². The van der Waals surface area contributed by atoms with E-state index < -0.39 is 23.7 Å². The first-order valence-electron chi connectivity index (χ1n) is 5.92. The van der Waals surface area contributed by atoms with E-state index in [-0.39, 0.29) is 5.69 Å². The zero-order chi connectivity index (χ0) is 16.8. The van der Waals surface area contributed by atoms with Crippen LogP contribution in [0.1, 0.15) is 11.3 Å². The number of nitrogens with zero attached hydrogens (tertiary/aromatic N) is 1. The molecule has 0 atom stereocenters. The summed E-state index contributed by atoms with van der Waals surface area (Å²) < 4.78 is 89.4. The summed E-state index contributed by atoms with van der Waals surface area (Å²) in [5.74, 6) is -11.7. The van der Waals surface area contributed by atoms with Crippen molar-refractivity contribution in [3.05, 3.63) is 41.6 Å². The molecule has 0 aliphatic rings. The van der Waals surface area contributed by atoms with Gasteiger partial charge in [0.2, 0.25) is 0 Å². The van der Waals surface area contributed by atoms with Gasteiger partial charge < -0.3 is 0 Å². The Morgan fingerprint density at radius 1 is 0.955 bits per heavy atom. The first-order valence-corrected chi connectivity index (χ1v) is 5.92. The number of alkyl halides is 7. The highest BCUT2D eigenvalue weighted by molar-refractivity contribution is 5.63. The average Bonchev–Trinajstić information content (AvgIpc) is 2.87. The molecule has 120 valence electrons. The maximum Gasteiger partial charge on any atom is 0.460 e. The van der Waals surface area contributed by atoms with Crippen LogP contribution < -0.4 is 0 Å². The maximum absolute atomic E-state index is 13.5. The van der Waals surface area contributed by atoms with Gasteiger partial charge in [-0.3, -0.25) is 5.10 Å². The van der Waals surface area contributed by atoms with Gasteiger partial charge in [0, 0.05) is 5.56 Å². The molecule has 0 radical (unpaired) electrons. The summed E-state index contributed by atoms with van der Waals surface area (Å²) in [5.41, 5.74) is -0.804. The third-order valence-electron chi connectivity index (χ3n) is 3.09. The second-order valence-electron chi connectivity index (χ2n) is 4.63. The Labute approximate surface area is 120 Å². The van der Waals surface area contributed by atoms with E-state index in [0.717, 1.165) is 0 Å². The smallest absolute Gasteiger partial charge is 0.276 e. The quantitative estimate of drug-likeness (QED) is 0.816. The van der Waals surface area contributed by atoms with Crippen molar-refractivity contribution in [1.82, 2.24) is 10.2 Å². The molecule has 9 heteroatoms. The van der Waals surface area contributed by atoms with Crippen LogP contribution in [0.25, 0.3) is 11.3 Å². The van der Waals surface area contributed by atoms with Crippen LogP contribution >= 0.6 is 0 Å². The van der Waals surface area contributed by atoms with Crippen LogP contribution in [0.3, 0.4) is 0 Å². The molecule has 2 aromatic rings. The highest BCUT2D eigenvalue weighted by Gasteiger charge is 2.74. The van der Waals surface area contributed by atoms with Crippen molar-refractivity contribution in [1.29, 1.82) is 0 Å². The molecule has 0 amide bonds. The van der Waals surface area contributed by atoms with Crippen molar-refractivity contribution < 1.29 is 30.7 Å². The van der Waals surface area contributed by atoms with Crippen LogP contribution in [0.4, 0.5) is 30.7 Å². The number of aromatic nitrogens is 2. The lowest BCUT2D eigenvalue weighted by molar-refractivity contribution is -0.360. The summed E-state index contributed by atoms with van der Waals surface area (Å²) in [5, 5.41) is 4.97. The van der Waals surface area contributed by atoms with Crippen molar-refractivity contribution in [3.8, 4) is 11.3 Å². The molecule has 0 aliphatic heterocycles. The molecule has 1 aromatic carbocycles. The summed E-state index contributed by atoms with van der Waals surface area (Å²) >= 11 is 0. The summed E-state index contributed by atoms with van der Waals surface area (Å²) in [6.07, 6.45) is -6.38. The Morgan fingerprint density at radius 3 is 2.09 bits per heavy atom. The number of benzene rings is 1. The van der Waals surface area contributed by atoms with E-state index in [4.69, 9.17) is 0 Å². The average molecular weight is 326 g/mol. The van der Waals surface area contributed by atoms with Gasteiger partial charge in [-0.2, -0.15) is 35.8 Å². The Kier molecular flexibility index (Phi) is 3.70. The van der Waals surface area contributed by atoms with Gasteiger partial charge >= 0.3 is 18.0 Å². The van der Waals surface area contributed by atoms with Crippen LogP contribution in [0.2, 0.25) is 0 Å². The van der Waals surface area contributed by atoms with Gasteiger partial charge in [0.25, 0.3) is 0 Å². The van der Waals surface area contributed by atoms with Crippen molar-refractivity contribution in [2.75, 3.05) is 0 Å². The van der Waals surface area contributed by atoms with Crippen molar-refractivity contribution in [2.24, 2.45) is 0 Å². The van der Waals surface area contributed by atoms with E-state index in [1.54, 1.807) is 30.2 Å². The second-order valence-corrected chi connectivity index (χ2v) is 4.63. The number of halogens is 7. The summed E-state index contributed by atoms with van der Waals surface area (Å²) in [4.78, 5) is 0. The van der Waals surface area contributed by atoms with E-state index in [1.807, 2.05) is 0 Å². The molecule has 0 unspecified atom stereocenters. The number of aryl methyl sites for hydroxylation is 1. The van der Waals surface area contributed by atoms with E-state index in [9.17, 15) is 30.7 Å². The Balaban J connectivity index is 2.46. The monoisotopic (exact) mass is 326 g/mol. The molecule has 0 aliphatic carbocycles. The van der Waals surface area contributed by atoms with E-state index >= 15 is 0 Å². The molecule has 0 saturated carbocycles. The minimum Gasteiger partial charge on any atom is -0.276 e. The second kappa shape index (κ2) is 4.99. The molecule has 0 bridgehead atoms. The third-order valence-corrected chi connectivity index (χ3v) is 3.09. The minimum absolute atomic E-state index is 0.147. The van der Waals surface area contributed by atoms with Crippen molar-refractivity contribution >= 4 is 0 Å². The van der Waals surface area contributed by atoms with Gasteiger partial charge in [-0.25, -0.2) is 0 Å². The number of H-pyrrole nitrogens is 1. The highest BCUT2D eigenvalue weighted by atomic mass is 19.4. The topological polar surface area (TPSA) is 28.7 Å². The number of hydrogen-bond donors (Lipinski definition) is 1. The zero-order valence-electron chi connectivity index (χ0n) is 11.0. The molecule has 2 rings (SSSR count). The van der Waals surface area contributed by atoms with Gasteiger partial charge in [0.15, 0.2) is 0 Å². The maximum atomic E-state index is 13.5. The van der Waals surface area contributed by atoms with Crippen LogP contribution in [0, 0.1) is 6.92 Å². The Morgan fingerprint density at radius 2 is 1.55 bits per heavy atom. The molecule has 1 aromatic heterocycles. The van der Waals surface area contributed by atoms with Crippen LogP contribution in [0.15, 0.2) is 30.3 Å². The molecule has 1 N–H and O–H groups in total. The number of hydrogen-bond acceptors (Lipinski definition) is 1. The predicted molar refractivity (Wildman–Crippen MR) is 63.7 cm³/mol. The van der Waals surface area contributed by atoms with Gasteiger partial charge in [-0.05, 0) is 18.6 Å². The van der Waals surface area contributed by atoms with Crippen molar-refractivity contribution in [3.63, 3.8) is 0 Å². The first-order chi connectivity index (χ1) is 9.98. The largest absolute Gasteiger partial charge is 0.460 e. The lowest BCUT2D eigenvalue weighted by Crippen LogP contribution is -2.50. The summed E-state index contributed by atoms with van der Waals surface area (Å²) in [6, 6.07) is 6.79. The molecular weight excluding hydrogens is 317 g/mol. The lowest BCUT2D eigenvalue weighted by Gasteiger charge is -2.26. The van der Waals surface area contributed by atoms with E-state index in [2.05, 4.69) is 5.10 Å². The van der Waals surface area contributed by atoms with Gasteiger partial charge in [0.1, 0.15) is 5.69 Å². The number of aromatic amines is 1. The molecule has 1 heterocycles. The number of nitrogens with one attached hydrogen (secondary N) is 1. The fourth-order valence-corrected chi connectivity index (χ4v) is 1.83. The van der Waals surface area contributed by atoms with Crippen LogP contribution in [-0.4, -0.2) is 22.3 Å². The fourth-order valence-electron chi connectivity index (χ4n) is 1.83. The molecule has 2 nitrogen and oxygen atoms in total. The summed E-state index contributed by atoms with van der Waals surface area (Å²) in [6.45, 7) is 1.62. The van der Waals surface area contributed by atoms with E-state index in [1.165, 1.54) is 6.07 Å². The predicted octanol–water partition coefficient (Wildman–Crippen LogP) is 4.67. The minimum atomic E-state index is -6.38. The van der Waals surface area contributed by atoms with Crippen LogP contribution in [-0.2, 0) is 5.92 Å². The lowest BCUT2D eigenvalue weighted by atomic mass is 10.0. The van der Waals surface area contributed by atoms with Crippen molar-refractivity contribution in [2.45, 2.75) is 24.9 Å². The number of rotatable bonds is 3. The van der Waals surface area contributed by atoms with Gasteiger partial charge in [-0.15, -0.1) is 0 Å². The highest BCUT2D eigenvalue weighted by Crippen LogP contribution is 2.51. The van der Waals surface area contributed by atoms with E-state index in [0.29, 0.717) is 17.2 Å². The zero-order valence-corrected chi connectivity index (χ0v) is 11.0. The molecule has 0 saturated heterocycles. The van der Waals surface area contributed by atoms with Crippen LogP contribution in [0.5, 0.6) is 0 Å². The molecule has 22 heavy (non-hydrogen) atoms. The first kappa shape index (κ1) is 16.3. The molecule has 0 spiro atoms. The Bertz CT molecular complexity index is 673. The van der Waals surface area contributed by atoms with Gasteiger partial charge in [0.05, 0.1) is 5.69 Å². The molecular formula is C13H9F7N2. The fraction of sp³-hybridized carbons (Fsp3) is 0.308. The standard InChI is InChI=1S/C13H9F7N2/c1-7-4-2-3-5-8(7)9-6-10(22-21-9)11(14,15)12(16,17)13(18,19)20/h2-6H,1H3,(H,21,22). The Hall–Kier alpha value is -2.06. The summed E-state index contributed by atoms with van der Waals surface area (Å²) in [7, 11) is 0. The molecule has 0 fully saturated rings. The SMILES string of the molecule is Cc1ccccc1-c1cc(C(F)(F)C(F)(F)C(F)(F)F)[nH]n1. The normalized spacial score (nSPS) is 13.5.